The first kappa shape index (κ1) is 16.2. The SMILES string of the molecule is O=C(CN1CCN(c2ccccn2)CC1)NCC1CNCC1O. The lowest BCUT2D eigenvalue weighted by atomic mass is 10.1. The molecule has 0 spiro atoms. The van der Waals surface area contributed by atoms with Gasteiger partial charge in [0.1, 0.15) is 5.82 Å². The summed E-state index contributed by atoms with van der Waals surface area (Å²) in [5.74, 6) is 1.16. The van der Waals surface area contributed by atoms with Gasteiger partial charge in [-0.05, 0) is 12.1 Å². The molecule has 126 valence electrons. The van der Waals surface area contributed by atoms with Gasteiger partial charge in [0, 0.05) is 57.9 Å². The highest BCUT2D eigenvalue weighted by Crippen LogP contribution is 2.12. The van der Waals surface area contributed by atoms with E-state index in [9.17, 15) is 9.90 Å². The Labute approximate surface area is 136 Å². The summed E-state index contributed by atoms with van der Waals surface area (Å²) in [6, 6.07) is 5.93. The van der Waals surface area contributed by atoms with E-state index in [-0.39, 0.29) is 17.9 Å². The van der Waals surface area contributed by atoms with Crippen molar-refractivity contribution in [1.29, 1.82) is 0 Å². The molecule has 23 heavy (non-hydrogen) atoms. The molecule has 2 atom stereocenters. The molecular formula is C16H25N5O2. The topological polar surface area (TPSA) is 80.7 Å². The number of anilines is 1. The molecule has 0 aliphatic carbocycles. The third kappa shape index (κ3) is 4.40. The number of hydrogen-bond donors (Lipinski definition) is 3. The summed E-state index contributed by atoms with van der Waals surface area (Å²) in [7, 11) is 0. The Morgan fingerprint density at radius 3 is 2.78 bits per heavy atom. The molecular weight excluding hydrogens is 294 g/mol. The Balaban J connectivity index is 1.37. The minimum atomic E-state index is -0.350. The van der Waals surface area contributed by atoms with Crippen molar-refractivity contribution in [2.45, 2.75) is 6.10 Å². The number of carbonyl (C=O) groups excluding carboxylic acids is 1. The van der Waals surface area contributed by atoms with Crippen LogP contribution in [0.1, 0.15) is 0 Å². The van der Waals surface area contributed by atoms with Crippen LogP contribution < -0.4 is 15.5 Å². The first-order valence-corrected chi connectivity index (χ1v) is 8.26. The molecule has 2 saturated heterocycles. The molecule has 0 radical (unpaired) electrons. The summed E-state index contributed by atoms with van der Waals surface area (Å²) in [6.45, 7) is 5.84. The molecule has 3 heterocycles. The Hall–Kier alpha value is -1.70. The second-order valence-corrected chi connectivity index (χ2v) is 6.24. The Bertz CT molecular complexity index is 504. The molecule has 3 rings (SSSR count). The summed E-state index contributed by atoms with van der Waals surface area (Å²) in [5.41, 5.74) is 0. The van der Waals surface area contributed by atoms with Crippen LogP contribution in [0.5, 0.6) is 0 Å². The van der Waals surface area contributed by atoms with Crippen LogP contribution in [0.25, 0.3) is 0 Å². The van der Waals surface area contributed by atoms with Crippen LogP contribution in [0.15, 0.2) is 24.4 Å². The lowest BCUT2D eigenvalue weighted by Crippen LogP contribution is -2.50. The van der Waals surface area contributed by atoms with Gasteiger partial charge in [-0.15, -0.1) is 0 Å². The number of nitrogens with zero attached hydrogens (tertiary/aromatic N) is 3. The fraction of sp³-hybridized carbons (Fsp3) is 0.625. The van der Waals surface area contributed by atoms with Crippen LogP contribution in [-0.2, 0) is 4.79 Å². The van der Waals surface area contributed by atoms with Gasteiger partial charge in [0.25, 0.3) is 0 Å². The number of nitrogens with one attached hydrogen (secondary N) is 2. The second kappa shape index (κ2) is 7.72. The molecule has 1 aromatic rings. The van der Waals surface area contributed by atoms with Crippen LogP contribution in [0.2, 0.25) is 0 Å². The molecule has 0 bridgehead atoms. The van der Waals surface area contributed by atoms with Gasteiger partial charge < -0.3 is 20.6 Å². The molecule has 2 aliphatic heterocycles. The molecule has 7 nitrogen and oxygen atoms in total. The third-order valence-electron chi connectivity index (χ3n) is 4.58. The number of amides is 1. The Morgan fingerprint density at radius 2 is 2.13 bits per heavy atom. The van der Waals surface area contributed by atoms with Crippen molar-refractivity contribution < 1.29 is 9.90 Å². The first-order chi connectivity index (χ1) is 11.2. The number of piperazine rings is 1. The smallest absolute Gasteiger partial charge is 0.234 e. The van der Waals surface area contributed by atoms with Gasteiger partial charge in [0.2, 0.25) is 5.91 Å². The lowest BCUT2D eigenvalue weighted by Gasteiger charge is -2.35. The number of aromatic nitrogens is 1. The maximum Gasteiger partial charge on any atom is 0.234 e. The van der Waals surface area contributed by atoms with Gasteiger partial charge in [0.15, 0.2) is 0 Å². The molecule has 3 N–H and O–H groups in total. The van der Waals surface area contributed by atoms with Gasteiger partial charge in [-0.3, -0.25) is 9.69 Å². The van der Waals surface area contributed by atoms with Gasteiger partial charge >= 0.3 is 0 Å². The number of aliphatic hydroxyl groups is 1. The number of pyridine rings is 1. The minimum Gasteiger partial charge on any atom is -0.391 e. The predicted octanol–water partition coefficient (Wildman–Crippen LogP) is -1.10. The van der Waals surface area contributed by atoms with Gasteiger partial charge in [-0.2, -0.15) is 0 Å². The van der Waals surface area contributed by atoms with Crippen molar-refractivity contribution >= 4 is 11.7 Å². The molecule has 0 saturated carbocycles. The minimum absolute atomic E-state index is 0.0374. The van der Waals surface area contributed by atoms with E-state index < -0.39 is 0 Å². The Morgan fingerprint density at radius 1 is 1.30 bits per heavy atom. The zero-order chi connectivity index (χ0) is 16.1. The number of carbonyl (C=O) groups is 1. The molecule has 7 heteroatoms. The predicted molar refractivity (Wildman–Crippen MR) is 88.3 cm³/mol. The third-order valence-corrected chi connectivity index (χ3v) is 4.58. The van der Waals surface area contributed by atoms with Crippen LogP contribution in [0.3, 0.4) is 0 Å². The van der Waals surface area contributed by atoms with Crippen molar-refractivity contribution in [3.05, 3.63) is 24.4 Å². The fourth-order valence-corrected chi connectivity index (χ4v) is 3.11. The molecule has 1 aromatic heterocycles. The highest BCUT2D eigenvalue weighted by Gasteiger charge is 2.25. The number of β-amino-alcohol motifs (C(OH)–C–C–N with tert-alkyl or cyclic N) is 1. The zero-order valence-electron chi connectivity index (χ0n) is 13.3. The molecule has 2 fully saturated rings. The standard InChI is InChI=1S/C16H25N5O2/c22-14-11-17-9-13(14)10-19-16(23)12-20-5-7-21(8-6-20)15-3-1-2-4-18-15/h1-4,13-14,17,22H,5-12H2,(H,19,23). The van der Waals surface area contributed by atoms with E-state index in [1.807, 2.05) is 18.2 Å². The highest BCUT2D eigenvalue weighted by molar-refractivity contribution is 5.78. The van der Waals surface area contributed by atoms with Crippen LogP contribution in [0, 0.1) is 5.92 Å². The molecule has 1 amide bonds. The van der Waals surface area contributed by atoms with Crippen LogP contribution in [-0.4, -0.2) is 79.4 Å². The quantitative estimate of drug-likeness (QED) is 0.639. The summed E-state index contributed by atoms with van der Waals surface area (Å²) < 4.78 is 0. The number of hydrogen-bond acceptors (Lipinski definition) is 6. The molecule has 2 unspecified atom stereocenters. The van der Waals surface area contributed by atoms with Crippen molar-refractivity contribution in [2.24, 2.45) is 5.92 Å². The zero-order valence-corrected chi connectivity index (χ0v) is 13.3. The van der Waals surface area contributed by atoms with Crippen molar-refractivity contribution in [3.63, 3.8) is 0 Å². The van der Waals surface area contributed by atoms with E-state index in [0.717, 1.165) is 38.5 Å². The average Bonchev–Trinajstić information content (AvgIpc) is 3.00. The van der Waals surface area contributed by atoms with Gasteiger partial charge in [-0.25, -0.2) is 4.98 Å². The summed E-state index contributed by atoms with van der Waals surface area (Å²) >= 11 is 0. The second-order valence-electron chi connectivity index (χ2n) is 6.24. The number of aliphatic hydroxyl groups excluding tert-OH is 1. The van der Waals surface area contributed by atoms with E-state index in [1.54, 1.807) is 6.20 Å². The normalized spacial score (nSPS) is 25.5. The lowest BCUT2D eigenvalue weighted by molar-refractivity contribution is -0.122. The monoisotopic (exact) mass is 319 g/mol. The van der Waals surface area contributed by atoms with Gasteiger partial charge in [-0.1, -0.05) is 6.07 Å². The molecule has 2 aliphatic rings. The maximum absolute atomic E-state index is 12.0. The summed E-state index contributed by atoms with van der Waals surface area (Å²) in [5, 5.41) is 15.8. The first-order valence-electron chi connectivity index (χ1n) is 8.26. The fourth-order valence-electron chi connectivity index (χ4n) is 3.11. The Kier molecular flexibility index (Phi) is 5.43. The summed E-state index contributed by atoms with van der Waals surface area (Å²) in [4.78, 5) is 20.8. The van der Waals surface area contributed by atoms with Crippen molar-refractivity contribution in [2.75, 3.05) is 57.3 Å². The van der Waals surface area contributed by atoms with Gasteiger partial charge in [0.05, 0.1) is 12.6 Å². The van der Waals surface area contributed by atoms with Crippen LogP contribution in [0.4, 0.5) is 5.82 Å². The largest absolute Gasteiger partial charge is 0.391 e. The van der Waals surface area contributed by atoms with E-state index in [2.05, 4.69) is 25.4 Å². The van der Waals surface area contributed by atoms with E-state index in [1.165, 1.54) is 0 Å². The number of rotatable bonds is 5. The van der Waals surface area contributed by atoms with E-state index in [0.29, 0.717) is 19.6 Å². The molecule has 0 aromatic carbocycles. The highest BCUT2D eigenvalue weighted by atomic mass is 16.3. The van der Waals surface area contributed by atoms with E-state index in [4.69, 9.17) is 0 Å². The van der Waals surface area contributed by atoms with E-state index >= 15 is 0 Å². The maximum atomic E-state index is 12.0. The summed E-state index contributed by atoms with van der Waals surface area (Å²) in [6.07, 6.45) is 1.46. The van der Waals surface area contributed by atoms with Crippen molar-refractivity contribution in [3.8, 4) is 0 Å². The average molecular weight is 319 g/mol. The van der Waals surface area contributed by atoms with Crippen molar-refractivity contribution in [1.82, 2.24) is 20.5 Å². The van der Waals surface area contributed by atoms with Crippen LogP contribution >= 0.6 is 0 Å².